The Morgan fingerprint density at radius 3 is 2.38 bits per heavy atom. The van der Waals surface area contributed by atoms with Crippen LogP contribution in [0.4, 0.5) is 8.78 Å². The lowest BCUT2D eigenvalue weighted by Gasteiger charge is -2.12. The molecule has 7 heteroatoms. The molecule has 0 aromatic heterocycles. The molecule has 0 saturated heterocycles. The molecule has 0 bridgehead atoms. The summed E-state index contributed by atoms with van der Waals surface area (Å²) in [7, 11) is -1.91. The predicted molar refractivity (Wildman–Crippen MR) is 108 cm³/mol. The first-order chi connectivity index (χ1) is 13.8. The van der Waals surface area contributed by atoms with Crippen molar-refractivity contribution in [3.63, 3.8) is 0 Å². The maximum absolute atomic E-state index is 13.9. The minimum absolute atomic E-state index is 0.102. The van der Waals surface area contributed by atoms with Gasteiger partial charge in [-0.05, 0) is 48.0 Å². The number of hydrogen-bond donors (Lipinski definition) is 2. The molecule has 0 aliphatic heterocycles. The molecule has 29 heavy (non-hydrogen) atoms. The van der Waals surface area contributed by atoms with Crippen LogP contribution in [0.25, 0.3) is 11.1 Å². The van der Waals surface area contributed by atoms with Gasteiger partial charge in [0.25, 0.3) is 0 Å². The van der Waals surface area contributed by atoms with Gasteiger partial charge < -0.3 is 10.4 Å². The van der Waals surface area contributed by atoms with Crippen molar-refractivity contribution in [3.8, 4) is 11.1 Å². The summed E-state index contributed by atoms with van der Waals surface area (Å²) in [4.78, 5) is 0.102. The number of aliphatic hydroxyl groups excluding tert-OH is 1. The number of sulfone groups is 1. The molecule has 0 saturated carbocycles. The van der Waals surface area contributed by atoms with E-state index >= 15 is 0 Å². The zero-order valence-electron chi connectivity index (χ0n) is 15.8. The summed E-state index contributed by atoms with van der Waals surface area (Å²) in [5.74, 6) is -1.61. The van der Waals surface area contributed by atoms with E-state index in [1.165, 1.54) is 30.3 Å². The Morgan fingerprint density at radius 2 is 1.72 bits per heavy atom. The van der Waals surface area contributed by atoms with Crippen LogP contribution in [0.5, 0.6) is 0 Å². The van der Waals surface area contributed by atoms with E-state index in [2.05, 4.69) is 5.32 Å². The van der Waals surface area contributed by atoms with E-state index < -0.39 is 27.6 Å². The van der Waals surface area contributed by atoms with Crippen LogP contribution >= 0.6 is 0 Å². The van der Waals surface area contributed by atoms with Crippen molar-refractivity contribution in [1.82, 2.24) is 5.32 Å². The van der Waals surface area contributed by atoms with Crippen LogP contribution in [0, 0.1) is 11.6 Å². The second-order valence-electron chi connectivity index (χ2n) is 6.73. The Bertz CT molecular complexity index is 1100. The molecule has 0 heterocycles. The number of benzene rings is 3. The Balaban J connectivity index is 1.82. The first-order valence-electron chi connectivity index (χ1n) is 9.00. The van der Waals surface area contributed by atoms with Crippen molar-refractivity contribution in [2.24, 2.45) is 0 Å². The second kappa shape index (κ2) is 8.82. The van der Waals surface area contributed by atoms with Crippen molar-refractivity contribution < 1.29 is 22.3 Å². The van der Waals surface area contributed by atoms with Gasteiger partial charge in [0.1, 0.15) is 11.6 Å². The van der Waals surface area contributed by atoms with Crippen LogP contribution in [-0.2, 0) is 15.6 Å². The monoisotopic (exact) mass is 417 g/mol. The minimum atomic E-state index is -3.63. The molecular weight excluding hydrogens is 396 g/mol. The first kappa shape index (κ1) is 21.1. The Kier molecular flexibility index (Phi) is 6.42. The SMILES string of the molecule is CNCC(O)c1cccc(CS(=O)(=O)c2ccc(-c3ccc(F)cc3F)cc2)c1. The molecule has 3 aromatic rings. The summed E-state index contributed by atoms with van der Waals surface area (Å²) in [5.41, 5.74) is 1.85. The van der Waals surface area contributed by atoms with Gasteiger partial charge in [0.05, 0.1) is 16.8 Å². The van der Waals surface area contributed by atoms with Gasteiger partial charge in [-0.1, -0.05) is 36.4 Å². The lowest BCUT2D eigenvalue weighted by atomic mass is 10.1. The van der Waals surface area contributed by atoms with Gasteiger partial charge in [-0.25, -0.2) is 17.2 Å². The Hall–Kier alpha value is -2.61. The van der Waals surface area contributed by atoms with E-state index in [0.717, 1.165) is 12.1 Å². The number of likely N-dealkylation sites (N-methyl/N-ethyl adjacent to an activating group) is 1. The first-order valence-corrected chi connectivity index (χ1v) is 10.6. The van der Waals surface area contributed by atoms with E-state index in [-0.39, 0.29) is 16.2 Å². The molecule has 0 radical (unpaired) electrons. The molecule has 0 aliphatic carbocycles. The summed E-state index contributed by atoms with van der Waals surface area (Å²) in [5, 5.41) is 12.9. The third kappa shape index (κ3) is 5.06. The molecule has 3 rings (SSSR count). The maximum Gasteiger partial charge on any atom is 0.182 e. The topological polar surface area (TPSA) is 66.4 Å². The highest BCUT2D eigenvalue weighted by atomic mass is 32.2. The highest BCUT2D eigenvalue weighted by molar-refractivity contribution is 7.90. The third-order valence-electron chi connectivity index (χ3n) is 4.55. The molecule has 0 amide bonds. The number of rotatable bonds is 7. The molecule has 152 valence electrons. The number of aliphatic hydroxyl groups is 1. The smallest absolute Gasteiger partial charge is 0.182 e. The molecular formula is C22H21F2NO3S. The van der Waals surface area contributed by atoms with Crippen molar-refractivity contribution in [3.05, 3.63) is 89.5 Å². The molecule has 0 fully saturated rings. The van der Waals surface area contributed by atoms with Gasteiger partial charge in [-0.3, -0.25) is 0 Å². The lowest BCUT2D eigenvalue weighted by molar-refractivity contribution is 0.177. The lowest BCUT2D eigenvalue weighted by Crippen LogP contribution is -2.16. The Labute approximate surface area is 168 Å². The highest BCUT2D eigenvalue weighted by Gasteiger charge is 2.17. The van der Waals surface area contributed by atoms with Crippen LogP contribution in [0.3, 0.4) is 0 Å². The molecule has 4 nitrogen and oxygen atoms in total. The Morgan fingerprint density at radius 1 is 1.00 bits per heavy atom. The molecule has 0 aliphatic rings. The highest BCUT2D eigenvalue weighted by Crippen LogP contribution is 2.26. The summed E-state index contributed by atoms with van der Waals surface area (Å²) in [6, 6.07) is 15.9. The average molecular weight is 417 g/mol. The fourth-order valence-electron chi connectivity index (χ4n) is 3.07. The fraction of sp³-hybridized carbons (Fsp3) is 0.182. The van der Waals surface area contributed by atoms with Gasteiger partial charge in [0.15, 0.2) is 9.84 Å². The number of halogens is 2. The van der Waals surface area contributed by atoms with Gasteiger partial charge >= 0.3 is 0 Å². The van der Waals surface area contributed by atoms with Gasteiger partial charge in [0, 0.05) is 18.2 Å². The van der Waals surface area contributed by atoms with Crippen LogP contribution in [0.2, 0.25) is 0 Å². The summed E-state index contributed by atoms with van der Waals surface area (Å²) in [6.45, 7) is 0.359. The second-order valence-corrected chi connectivity index (χ2v) is 8.72. The van der Waals surface area contributed by atoms with E-state index in [0.29, 0.717) is 23.2 Å². The summed E-state index contributed by atoms with van der Waals surface area (Å²) < 4.78 is 52.5. The standard InChI is InChI=1S/C22H21F2NO3S/c1-25-13-22(26)17-4-2-3-15(11-17)14-29(27,28)19-8-5-16(6-9-19)20-10-7-18(23)12-21(20)24/h2-12,22,25-26H,13-14H2,1H3. The van der Waals surface area contributed by atoms with E-state index in [1.54, 1.807) is 31.3 Å². The molecule has 0 spiro atoms. The van der Waals surface area contributed by atoms with E-state index in [1.807, 2.05) is 0 Å². The number of nitrogens with one attached hydrogen (secondary N) is 1. The van der Waals surface area contributed by atoms with Crippen LogP contribution in [-0.4, -0.2) is 27.1 Å². The van der Waals surface area contributed by atoms with Crippen LogP contribution in [0.1, 0.15) is 17.2 Å². The summed E-state index contributed by atoms with van der Waals surface area (Å²) >= 11 is 0. The van der Waals surface area contributed by atoms with Gasteiger partial charge in [-0.15, -0.1) is 0 Å². The van der Waals surface area contributed by atoms with Crippen molar-refractivity contribution in [2.75, 3.05) is 13.6 Å². The molecule has 1 unspecified atom stereocenters. The largest absolute Gasteiger partial charge is 0.387 e. The zero-order valence-corrected chi connectivity index (χ0v) is 16.6. The van der Waals surface area contributed by atoms with Gasteiger partial charge in [-0.2, -0.15) is 0 Å². The molecule has 3 aromatic carbocycles. The van der Waals surface area contributed by atoms with Crippen LogP contribution in [0.15, 0.2) is 71.6 Å². The normalized spacial score (nSPS) is 12.7. The fourth-order valence-corrected chi connectivity index (χ4v) is 4.41. The molecule has 1 atom stereocenters. The van der Waals surface area contributed by atoms with E-state index in [4.69, 9.17) is 0 Å². The average Bonchev–Trinajstić information content (AvgIpc) is 2.68. The van der Waals surface area contributed by atoms with Gasteiger partial charge in [0.2, 0.25) is 0 Å². The molecule has 2 N–H and O–H groups in total. The third-order valence-corrected chi connectivity index (χ3v) is 6.25. The van der Waals surface area contributed by atoms with Crippen LogP contribution < -0.4 is 5.32 Å². The van der Waals surface area contributed by atoms with Crippen molar-refractivity contribution >= 4 is 9.84 Å². The zero-order chi connectivity index (χ0) is 21.0. The quantitative estimate of drug-likeness (QED) is 0.613. The predicted octanol–water partition coefficient (Wildman–Crippen LogP) is 3.86. The van der Waals surface area contributed by atoms with Crippen molar-refractivity contribution in [2.45, 2.75) is 16.8 Å². The maximum atomic E-state index is 13.9. The van der Waals surface area contributed by atoms with Crippen molar-refractivity contribution in [1.29, 1.82) is 0 Å². The van der Waals surface area contributed by atoms with E-state index in [9.17, 15) is 22.3 Å². The summed E-state index contributed by atoms with van der Waals surface area (Å²) in [6.07, 6.45) is -0.729. The minimum Gasteiger partial charge on any atom is -0.387 e. The number of hydrogen-bond acceptors (Lipinski definition) is 4.